The van der Waals surface area contributed by atoms with Crippen LogP contribution in [0, 0.1) is 18.3 Å². The van der Waals surface area contributed by atoms with E-state index in [2.05, 4.69) is 6.07 Å². The molecule has 0 radical (unpaired) electrons. The van der Waals surface area contributed by atoms with Crippen LogP contribution in [0.1, 0.15) is 11.3 Å². The molecular formula is C13H12IN3O3S2. The van der Waals surface area contributed by atoms with E-state index >= 15 is 0 Å². The quantitative estimate of drug-likeness (QED) is 0.410. The van der Waals surface area contributed by atoms with E-state index in [1.807, 2.05) is 19.1 Å². The minimum absolute atomic E-state index is 0.0815. The van der Waals surface area contributed by atoms with Crippen molar-refractivity contribution in [1.82, 2.24) is 8.28 Å². The molecule has 0 aliphatic heterocycles. The van der Waals surface area contributed by atoms with Gasteiger partial charge >= 0.3 is 5.97 Å². The first-order chi connectivity index (χ1) is 10.5. The normalized spacial score (nSPS) is 11.0. The summed E-state index contributed by atoms with van der Waals surface area (Å²) in [4.78, 5) is 11.7. The highest BCUT2D eigenvalue weighted by atomic mass is 127. The van der Waals surface area contributed by atoms with Crippen molar-refractivity contribution >= 4 is 64.1 Å². The van der Waals surface area contributed by atoms with Gasteiger partial charge in [-0.3, -0.25) is 4.79 Å². The Labute approximate surface area is 150 Å². The predicted octanol–water partition coefficient (Wildman–Crippen LogP) is 3.62. The summed E-state index contributed by atoms with van der Waals surface area (Å²) < 4.78 is 8.41. The molecule has 0 spiro atoms. The van der Waals surface area contributed by atoms with E-state index in [4.69, 9.17) is 7.62 Å². The number of aryl methyl sites for hydroxylation is 1. The highest BCUT2D eigenvalue weighted by molar-refractivity contribution is 14.1. The lowest BCUT2D eigenvalue weighted by molar-refractivity contribution is -0.136. The zero-order chi connectivity index (χ0) is 16.3. The monoisotopic (exact) mass is 449 g/mol. The molecule has 0 saturated carbocycles. The Morgan fingerprint density at radius 2 is 2.27 bits per heavy atom. The molecule has 0 fully saturated rings. The van der Waals surface area contributed by atoms with Crippen molar-refractivity contribution in [2.24, 2.45) is 0 Å². The number of carboxylic acid groups (broad SMARTS) is 1. The third kappa shape index (κ3) is 3.88. The number of aromatic nitrogens is 1. The third-order valence-corrected chi connectivity index (χ3v) is 4.81. The molecule has 0 aliphatic rings. The molecule has 1 aromatic carbocycles. The topological polar surface area (TPSA) is 78.5 Å². The van der Waals surface area contributed by atoms with Crippen molar-refractivity contribution in [2.45, 2.75) is 11.8 Å². The highest BCUT2D eigenvalue weighted by Gasteiger charge is 2.17. The van der Waals surface area contributed by atoms with Gasteiger partial charge in [0.15, 0.2) is 0 Å². The van der Waals surface area contributed by atoms with Gasteiger partial charge in [0.1, 0.15) is 53.5 Å². The Morgan fingerprint density at radius 1 is 1.55 bits per heavy atom. The lowest BCUT2D eigenvalue weighted by Gasteiger charge is -2.15. The Bertz CT molecular complexity index is 757. The Hall–Kier alpha value is -0.930. The van der Waals surface area contributed by atoms with Crippen LogP contribution >= 0.6 is 47.2 Å². The molecule has 6 nitrogen and oxygen atoms in total. The number of nitrogens with zero attached hydrogens (tertiary/aromatic N) is 3. The van der Waals surface area contributed by atoms with Gasteiger partial charge in [-0.2, -0.15) is 5.26 Å². The summed E-state index contributed by atoms with van der Waals surface area (Å²) in [6.45, 7) is 1.88. The van der Waals surface area contributed by atoms with Gasteiger partial charge in [0.2, 0.25) is 0 Å². The second-order valence-electron chi connectivity index (χ2n) is 4.55. The number of nitriles is 1. The molecule has 9 heteroatoms. The average Bonchev–Trinajstić information content (AvgIpc) is 2.76. The van der Waals surface area contributed by atoms with Crippen LogP contribution in [-0.2, 0) is 7.31 Å². The fraction of sp³-hybridized carbons (Fsp3) is 0.231. The summed E-state index contributed by atoms with van der Waals surface area (Å²) in [7, 11) is 1.72. The van der Waals surface area contributed by atoms with Crippen molar-refractivity contribution in [2.75, 3.05) is 13.6 Å². The van der Waals surface area contributed by atoms with Crippen LogP contribution in [0.5, 0.6) is 0 Å². The summed E-state index contributed by atoms with van der Waals surface area (Å²) in [5.41, 5.74) is 2.36. The van der Waals surface area contributed by atoms with Crippen molar-refractivity contribution in [3.63, 3.8) is 0 Å². The molecule has 2 aromatic rings. The first-order valence-electron chi connectivity index (χ1n) is 6.09. The molecule has 0 aliphatic carbocycles. The Balaban J connectivity index is 2.54. The number of hydrogen-bond acceptors (Lipinski definition) is 6. The van der Waals surface area contributed by atoms with Crippen LogP contribution in [0.25, 0.3) is 10.9 Å². The van der Waals surface area contributed by atoms with Crippen molar-refractivity contribution in [3.8, 4) is 6.07 Å². The SMILES string of the molecule is Cc1cc(SN(C)CC(=O)O)c2c(c1)cc(C#N)n2SOI. The van der Waals surface area contributed by atoms with Gasteiger partial charge in [0.05, 0.1) is 5.52 Å². The number of carboxylic acids is 1. The Kier molecular flexibility index (Phi) is 5.99. The zero-order valence-corrected chi connectivity index (χ0v) is 15.5. The molecule has 116 valence electrons. The van der Waals surface area contributed by atoms with Crippen molar-refractivity contribution in [1.29, 1.82) is 5.26 Å². The van der Waals surface area contributed by atoms with E-state index in [0.29, 0.717) is 5.69 Å². The maximum atomic E-state index is 10.8. The molecule has 1 aromatic heterocycles. The molecule has 0 unspecified atom stereocenters. The third-order valence-electron chi connectivity index (χ3n) is 2.79. The number of aliphatic carboxylic acids is 1. The highest BCUT2D eigenvalue weighted by Crippen LogP contribution is 2.36. The number of likely N-dealkylation sites (N-methyl/N-ethyl adjacent to an activating group) is 1. The van der Waals surface area contributed by atoms with Gasteiger partial charge in [-0.25, -0.2) is 10.8 Å². The summed E-state index contributed by atoms with van der Waals surface area (Å²) in [6, 6.07) is 7.90. The molecule has 1 heterocycles. The first kappa shape index (κ1) is 17.4. The first-order valence-corrected chi connectivity index (χ1v) is 8.44. The number of halogens is 1. The second-order valence-corrected chi connectivity index (χ2v) is 7.51. The molecular weight excluding hydrogens is 437 g/mol. The Morgan fingerprint density at radius 3 is 2.86 bits per heavy atom. The van der Waals surface area contributed by atoms with Crippen LogP contribution in [-0.4, -0.2) is 32.9 Å². The minimum atomic E-state index is -0.892. The van der Waals surface area contributed by atoms with Gasteiger partial charge in [0.25, 0.3) is 0 Å². The smallest absolute Gasteiger partial charge is 0.318 e. The largest absolute Gasteiger partial charge is 0.480 e. The second kappa shape index (κ2) is 7.56. The number of rotatable bonds is 6. The van der Waals surface area contributed by atoms with Crippen molar-refractivity contribution < 1.29 is 12.4 Å². The maximum Gasteiger partial charge on any atom is 0.318 e. The number of carbonyl (C=O) groups is 1. The lowest BCUT2D eigenvalue weighted by Crippen LogP contribution is -2.18. The van der Waals surface area contributed by atoms with Crippen LogP contribution in [0.4, 0.5) is 0 Å². The van der Waals surface area contributed by atoms with Gasteiger partial charge in [-0.05, 0) is 49.7 Å². The minimum Gasteiger partial charge on any atom is -0.480 e. The predicted molar refractivity (Wildman–Crippen MR) is 95.6 cm³/mol. The summed E-state index contributed by atoms with van der Waals surface area (Å²) >= 11 is 4.14. The molecule has 1 N–H and O–H groups in total. The molecule has 0 atom stereocenters. The van der Waals surface area contributed by atoms with Crippen molar-refractivity contribution in [3.05, 3.63) is 29.5 Å². The van der Waals surface area contributed by atoms with E-state index in [1.54, 1.807) is 44.4 Å². The molecule has 0 bridgehead atoms. The fourth-order valence-corrected chi connectivity index (χ4v) is 4.16. The van der Waals surface area contributed by atoms with Crippen LogP contribution in [0.15, 0.2) is 23.1 Å². The number of fused-ring (bicyclic) bond motifs is 1. The number of benzene rings is 1. The van der Waals surface area contributed by atoms with E-state index in [0.717, 1.165) is 33.6 Å². The molecule has 0 saturated heterocycles. The zero-order valence-electron chi connectivity index (χ0n) is 11.7. The average molecular weight is 449 g/mol. The van der Waals surface area contributed by atoms with Crippen LogP contribution in [0.3, 0.4) is 0 Å². The lowest BCUT2D eigenvalue weighted by atomic mass is 10.2. The van der Waals surface area contributed by atoms with Crippen LogP contribution < -0.4 is 0 Å². The van der Waals surface area contributed by atoms with E-state index < -0.39 is 5.97 Å². The standard InChI is InChI=1S/C13H12IN3O3S2/c1-8-3-9-5-10(6-15)17(22-20-14)13(9)11(4-8)21-16(2)7-12(18)19/h3-5H,7H2,1-2H3,(H,18,19). The van der Waals surface area contributed by atoms with Gasteiger partial charge in [-0.1, -0.05) is 0 Å². The van der Waals surface area contributed by atoms with Gasteiger partial charge in [0, 0.05) is 10.3 Å². The van der Waals surface area contributed by atoms with E-state index in [1.165, 1.54) is 11.9 Å². The molecule has 2 rings (SSSR count). The van der Waals surface area contributed by atoms with E-state index in [9.17, 15) is 10.1 Å². The van der Waals surface area contributed by atoms with Crippen LogP contribution in [0.2, 0.25) is 0 Å². The summed E-state index contributed by atoms with van der Waals surface area (Å²) in [5.74, 6) is -0.892. The van der Waals surface area contributed by atoms with Gasteiger partial charge in [-0.15, -0.1) is 0 Å². The van der Waals surface area contributed by atoms with Gasteiger partial charge < -0.3 is 5.11 Å². The molecule has 0 amide bonds. The number of hydrogen-bond donors (Lipinski definition) is 1. The molecule has 22 heavy (non-hydrogen) atoms. The van der Waals surface area contributed by atoms with E-state index in [-0.39, 0.29) is 6.54 Å². The summed E-state index contributed by atoms with van der Waals surface area (Å²) in [6.07, 6.45) is 0. The fourth-order valence-electron chi connectivity index (χ4n) is 2.07. The maximum absolute atomic E-state index is 10.8. The summed E-state index contributed by atoms with van der Waals surface area (Å²) in [5, 5.41) is 19.1.